The van der Waals surface area contributed by atoms with Crippen LogP contribution >= 0.6 is 0 Å². The van der Waals surface area contributed by atoms with Gasteiger partial charge < -0.3 is 10.6 Å². The highest BCUT2D eigenvalue weighted by atomic mass is 16.2. The molecule has 0 radical (unpaired) electrons. The highest BCUT2D eigenvalue weighted by molar-refractivity contribution is 5.81. The average Bonchev–Trinajstić information content (AvgIpc) is 2.12. The Morgan fingerprint density at radius 3 is 2.33 bits per heavy atom. The molecule has 0 aliphatic rings. The van der Waals surface area contributed by atoms with Gasteiger partial charge in [0, 0.05) is 13.6 Å². The van der Waals surface area contributed by atoms with Gasteiger partial charge in [-0.1, -0.05) is 20.3 Å². The van der Waals surface area contributed by atoms with Crippen LogP contribution in [0.4, 0.5) is 0 Å². The van der Waals surface area contributed by atoms with E-state index in [1.807, 2.05) is 20.8 Å². The molecule has 1 amide bonds. The first kappa shape index (κ1) is 11.4. The van der Waals surface area contributed by atoms with E-state index in [0.29, 0.717) is 0 Å². The Morgan fingerprint density at radius 2 is 2.00 bits per heavy atom. The lowest BCUT2D eigenvalue weighted by molar-refractivity contribution is -0.132. The van der Waals surface area contributed by atoms with Crippen molar-refractivity contribution in [2.75, 3.05) is 13.6 Å². The minimum absolute atomic E-state index is 0.0480. The van der Waals surface area contributed by atoms with Crippen LogP contribution in [0.3, 0.4) is 0 Å². The molecule has 2 unspecified atom stereocenters. The Kier molecular flexibility index (Phi) is 4.90. The van der Waals surface area contributed by atoms with Crippen LogP contribution in [0.15, 0.2) is 0 Å². The first-order chi connectivity index (χ1) is 5.54. The van der Waals surface area contributed by atoms with Crippen LogP contribution in [0.5, 0.6) is 0 Å². The number of carbonyl (C=O) groups is 1. The number of likely N-dealkylation sites (N-methyl/N-ethyl adjacent to an activating group) is 1. The van der Waals surface area contributed by atoms with E-state index >= 15 is 0 Å². The van der Waals surface area contributed by atoms with Crippen LogP contribution in [-0.2, 0) is 4.79 Å². The van der Waals surface area contributed by atoms with Crippen molar-refractivity contribution >= 4 is 5.91 Å². The maximum atomic E-state index is 11.5. The maximum Gasteiger partial charge on any atom is 0.239 e. The van der Waals surface area contributed by atoms with E-state index in [4.69, 9.17) is 5.73 Å². The first-order valence-corrected chi connectivity index (χ1v) is 4.55. The van der Waals surface area contributed by atoms with Gasteiger partial charge in [0.1, 0.15) is 0 Å². The lowest BCUT2D eigenvalue weighted by atomic mass is 9.99. The largest absolute Gasteiger partial charge is 0.345 e. The number of hydrogen-bond donors (Lipinski definition) is 1. The van der Waals surface area contributed by atoms with Crippen LogP contribution in [0, 0.1) is 5.92 Å². The van der Waals surface area contributed by atoms with Crippen molar-refractivity contribution in [3.05, 3.63) is 0 Å². The molecule has 72 valence electrons. The molecular weight excluding hydrogens is 152 g/mol. The van der Waals surface area contributed by atoms with Crippen molar-refractivity contribution in [1.82, 2.24) is 4.90 Å². The molecule has 0 aliphatic carbocycles. The van der Waals surface area contributed by atoms with Crippen molar-refractivity contribution in [2.24, 2.45) is 11.7 Å². The number of carbonyl (C=O) groups excluding carboxylic acids is 1. The van der Waals surface area contributed by atoms with Gasteiger partial charge in [-0.2, -0.15) is 0 Å². The molecule has 0 aromatic carbocycles. The third kappa shape index (κ3) is 2.81. The molecule has 3 nitrogen and oxygen atoms in total. The number of hydrogen-bond acceptors (Lipinski definition) is 2. The Bertz CT molecular complexity index is 147. The summed E-state index contributed by atoms with van der Waals surface area (Å²) in [6, 6.07) is -0.333. The van der Waals surface area contributed by atoms with Crippen LogP contribution in [0.25, 0.3) is 0 Å². The second-order valence-corrected chi connectivity index (χ2v) is 3.26. The number of amides is 1. The Hall–Kier alpha value is -0.570. The summed E-state index contributed by atoms with van der Waals surface area (Å²) in [6.07, 6.45) is 0.949. The van der Waals surface area contributed by atoms with Crippen LogP contribution in [-0.4, -0.2) is 30.4 Å². The topological polar surface area (TPSA) is 46.3 Å². The minimum atomic E-state index is -0.333. The SMILES string of the molecule is CCC(C)C(N)C(=O)N(C)CC. The smallest absolute Gasteiger partial charge is 0.239 e. The molecule has 3 heteroatoms. The third-order valence-corrected chi connectivity index (χ3v) is 2.39. The fourth-order valence-corrected chi connectivity index (χ4v) is 0.908. The van der Waals surface area contributed by atoms with Gasteiger partial charge in [-0.3, -0.25) is 4.79 Å². The van der Waals surface area contributed by atoms with E-state index in [-0.39, 0.29) is 17.9 Å². The average molecular weight is 172 g/mol. The zero-order valence-corrected chi connectivity index (χ0v) is 8.50. The molecule has 0 spiro atoms. The molecular formula is C9H20N2O. The molecule has 0 rings (SSSR count). The quantitative estimate of drug-likeness (QED) is 0.683. The fourth-order valence-electron chi connectivity index (χ4n) is 0.908. The lowest BCUT2D eigenvalue weighted by Crippen LogP contribution is -2.45. The van der Waals surface area contributed by atoms with E-state index in [1.54, 1.807) is 11.9 Å². The molecule has 0 aliphatic heterocycles. The summed E-state index contributed by atoms with van der Waals surface area (Å²) in [5.41, 5.74) is 5.76. The lowest BCUT2D eigenvalue weighted by Gasteiger charge is -2.23. The van der Waals surface area contributed by atoms with E-state index < -0.39 is 0 Å². The molecule has 2 N–H and O–H groups in total. The molecule has 0 saturated carbocycles. The predicted octanol–water partition coefficient (Wildman–Crippen LogP) is 0.838. The Morgan fingerprint density at radius 1 is 1.50 bits per heavy atom. The van der Waals surface area contributed by atoms with Gasteiger partial charge in [-0.25, -0.2) is 0 Å². The monoisotopic (exact) mass is 172 g/mol. The summed E-state index contributed by atoms with van der Waals surface area (Å²) in [7, 11) is 1.78. The molecule has 0 bridgehead atoms. The predicted molar refractivity (Wildman–Crippen MR) is 50.7 cm³/mol. The van der Waals surface area contributed by atoms with Gasteiger partial charge >= 0.3 is 0 Å². The summed E-state index contributed by atoms with van der Waals surface area (Å²) < 4.78 is 0. The van der Waals surface area contributed by atoms with E-state index in [9.17, 15) is 4.79 Å². The van der Waals surface area contributed by atoms with Crippen molar-refractivity contribution in [2.45, 2.75) is 33.2 Å². The standard InChI is InChI=1S/C9H20N2O/c1-5-7(3)8(10)9(12)11(4)6-2/h7-8H,5-6,10H2,1-4H3. The summed E-state index contributed by atoms with van der Waals surface area (Å²) in [4.78, 5) is 13.1. The second-order valence-electron chi connectivity index (χ2n) is 3.26. The van der Waals surface area contributed by atoms with E-state index in [1.165, 1.54) is 0 Å². The minimum Gasteiger partial charge on any atom is -0.345 e. The van der Waals surface area contributed by atoms with Gasteiger partial charge in [-0.15, -0.1) is 0 Å². The molecule has 0 aromatic rings. The van der Waals surface area contributed by atoms with Gasteiger partial charge in [0.05, 0.1) is 6.04 Å². The van der Waals surface area contributed by atoms with Crippen LogP contribution in [0.2, 0.25) is 0 Å². The van der Waals surface area contributed by atoms with Crippen molar-refractivity contribution in [3.63, 3.8) is 0 Å². The number of nitrogens with zero attached hydrogens (tertiary/aromatic N) is 1. The van der Waals surface area contributed by atoms with Gasteiger partial charge in [-0.05, 0) is 12.8 Å². The van der Waals surface area contributed by atoms with Crippen molar-refractivity contribution in [3.8, 4) is 0 Å². The Labute approximate surface area is 74.9 Å². The highest BCUT2D eigenvalue weighted by Gasteiger charge is 2.21. The third-order valence-electron chi connectivity index (χ3n) is 2.39. The van der Waals surface area contributed by atoms with Crippen molar-refractivity contribution < 1.29 is 4.79 Å². The highest BCUT2D eigenvalue weighted by Crippen LogP contribution is 2.07. The maximum absolute atomic E-state index is 11.5. The van der Waals surface area contributed by atoms with Gasteiger partial charge in [0.25, 0.3) is 0 Å². The molecule has 0 saturated heterocycles. The fraction of sp³-hybridized carbons (Fsp3) is 0.889. The number of rotatable bonds is 4. The molecule has 0 aromatic heterocycles. The Balaban J connectivity index is 4.09. The van der Waals surface area contributed by atoms with Crippen LogP contribution in [0.1, 0.15) is 27.2 Å². The molecule has 0 fully saturated rings. The molecule has 12 heavy (non-hydrogen) atoms. The normalized spacial score (nSPS) is 15.4. The zero-order valence-electron chi connectivity index (χ0n) is 8.50. The van der Waals surface area contributed by atoms with Crippen LogP contribution < -0.4 is 5.73 Å². The van der Waals surface area contributed by atoms with Gasteiger partial charge in [0.15, 0.2) is 0 Å². The summed E-state index contributed by atoms with van der Waals surface area (Å²) in [6.45, 7) is 6.72. The van der Waals surface area contributed by atoms with E-state index in [0.717, 1.165) is 13.0 Å². The molecule has 2 atom stereocenters. The zero-order chi connectivity index (χ0) is 9.72. The summed E-state index contributed by atoms with van der Waals surface area (Å²) in [5.74, 6) is 0.318. The second kappa shape index (κ2) is 5.14. The number of nitrogens with two attached hydrogens (primary N) is 1. The van der Waals surface area contributed by atoms with E-state index in [2.05, 4.69) is 0 Å². The van der Waals surface area contributed by atoms with Crippen molar-refractivity contribution in [1.29, 1.82) is 0 Å². The summed E-state index contributed by atoms with van der Waals surface area (Å²) >= 11 is 0. The van der Waals surface area contributed by atoms with Gasteiger partial charge in [0.2, 0.25) is 5.91 Å². The first-order valence-electron chi connectivity index (χ1n) is 4.55. The summed E-state index contributed by atoms with van der Waals surface area (Å²) in [5, 5.41) is 0. The molecule has 0 heterocycles.